The predicted octanol–water partition coefficient (Wildman–Crippen LogP) is 2.17. The van der Waals surface area contributed by atoms with Gasteiger partial charge in [0.1, 0.15) is 12.1 Å². The molecule has 2 heterocycles. The Hall–Kier alpha value is -2.57. The Morgan fingerprint density at radius 3 is 2.26 bits per heavy atom. The molecular weight excluding hydrogens is 351 g/mol. The number of piperidine rings is 1. The molecule has 1 saturated heterocycles. The first-order valence-corrected chi connectivity index (χ1v) is 9.43. The first-order chi connectivity index (χ1) is 13.0. The third-order valence-corrected chi connectivity index (χ3v) is 6.04. The first kappa shape index (κ1) is 17.8. The molecule has 2 aliphatic heterocycles. The van der Waals surface area contributed by atoms with E-state index < -0.39 is 23.7 Å². The molecule has 1 N–H and O–H groups in total. The summed E-state index contributed by atoms with van der Waals surface area (Å²) in [5.74, 6) is -1.49. The summed E-state index contributed by atoms with van der Waals surface area (Å²) in [6, 6.07) is 2.31. The summed E-state index contributed by atoms with van der Waals surface area (Å²) in [5, 5.41) is 2.67. The highest BCUT2D eigenvalue weighted by atomic mass is 19.1. The van der Waals surface area contributed by atoms with E-state index in [1.165, 1.54) is 12.1 Å². The van der Waals surface area contributed by atoms with E-state index in [0.717, 1.165) is 11.2 Å². The maximum absolute atomic E-state index is 14.7. The van der Waals surface area contributed by atoms with Crippen LogP contribution in [0.2, 0.25) is 0 Å². The molecule has 1 saturated carbocycles. The number of amides is 3. The van der Waals surface area contributed by atoms with Gasteiger partial charge in [-0.3, -0.25) is 19.3 Å². The fourth-order valence-corrected chi connectivity index (χ4v) is 4.45. The van der Waals surface area contributed by atoms with Crippen molar-refractivity contribution >= 4 is 24.0 Å². The van der Waals surface area contributed by atoms with E-state index >= 15 is 0 Å². The molecule has 0 bridgehead atoms. The van der Waals surface area contributed by atoms with Crippen LogP contribution in [-0.2, 0) is 9.59 Å². The predicted molar refractivity (Wildman–Crippen MR) is 93.7 cm³/mol. The number of halogens is 1. The van der Waals surface area contributed by atoms with E-state index in [9.17, 15) is 23.6 Å². The Bertz CT molecular complexity index is 820. The maximum Gasteiger partial charge on any atom is 0.261 e. The summed E-state index contributed by atoms with van der Waals surface area (Å²) in [7, 11) is 0. The third-order valence-electron chi connectivity index (χ3n) is 6.04. The average Bonchev–Trinajstić information content (AvgIpc) is 2.92. The quantitative estimate of drug-likeness (QED) is 0.651. The molecule has 6 nitrogen and oxygen atoms in total. The zero-order chi connectivity index (χ0) is 19.1. The topological polar surface area (TPSA) is 83.6 Å². The van der Waals surface area contributed by atoms with Crippen molar-refractivity contribution in [3.05, 3.63) is 34.6 Å². The smallest absolute Gasteiger partial charge is 0.261 e. The number of fused-ring (bicyclic) bond motifs is 1. The van der Waals surface area contributed by atoms with Crippen molar-refractivity contribution < 1.29 is 23.6 Å². The van der Waals surface area contributed by atoms with Crippen LogP contribution in [0.1, 0.15) is 70.7 Å². The molecule has 3 aliphatic rings. The van der Waals surface area contributed by atoms with Crippen molar-refractivity contribution in [2.24, 2.45) is 5.92 Å². The molecule has 7 heteroatoms. The van der Waals surface area contributed by atoms with Crippen molar-refractivity contribution in [1.29, 1.82) is 0 Å². The molecule has 1 unspecified atom stereocenters. The summed E-state index contributed by atoms with van der Waals surface area (Å²) < 4.78 is 14.7. The van der Waals surface area contributed by atoms with Gasteiger partial charge in [0.2, 0.25) is 5.91 Å². The fourth-order valence-electron chi connectivity index (χ4n) is 4.45. The molecule has 0 spiro atoms. The summed E-state index contributed by atoms with van der Waals surface area (Å²) in [6.07, 6.45) is 4.45. The largest absolute Gasteiger partial charge is 0.354 e. The van der Waals surface area contributed by atoms with E-state index in [4.69, 9.17) is 0 Å². The molecule has 0 aromatic heterocycles. The normalized spacial score (nSPS) is 28.1. The van der Waals surface area contributed by atoms with Gasteiger partial charge >= 0.3 is 0 Å². The second-order valence-corrected chi connectivity index (χ2v) is 7.64. The van der Waals surface area contributed by atoms with Crippen molar-refractivity contribution in [2.75, 3.05) is 6.54 Å². The number of hydrogen-bond acceptors (Lipinski definition) is 4. The lowest BCUT2D eigenvalue weighted by Crippen LogP contribution is -2.50. The zero-order valence-corrected chi connectivity index (χ0v) is 14.9. The average molecular weight is 372 g/mol. The monoisotopic (exact) mass is 372 g/mol. The summed E-state index contributed by atoms with van der Waals surface area (Å²) in [5.41, 5.74) is 0.795. The van der Waals surface area contributed by atoms with Gasteiger partial charge in [0.25, 0.3) is 11.8 Å². The van der Waals surface area contributed by atoms with Crippen LogP contribution in [0.3, 0.4) is 0 Å². The molecule has 3 amide bonds. The number of benzene rings is 1. The Balaban J connectivity index is 1.60. The molecule has 1 aliphatic carbocycles. The Morgan fingerprint density at radius 1 is 1.00 bits per heavy atom. The first-order valence-electron chi connectivity index (χ1n) is 9.43. The molecule has 1 atom stereocenters. The third kappa shape index (κ3) is 3.05. The van der Waals surface area contributed by atoms with Crippen molar-refractivity contribution in [1.82, 2.24) is 10.2 Å². The number of nitrogens with one attached hydrogen (secondary N) is 1. The number of aldehydes is 1. The van der Waals surface area contributed by atoms with Crippen molar-refractivity contribution in [3.8, 4) is 0 Å². The van der Waals surface area contributed by atoms with E-state index in [0.29, 0.717) is 37.7 Å². The lowest BCUT2D eigenvalue weighted by Gasteiger charge is -2.29. The Morgan fingerprint density at radius 2 is 1.67 bits per heavy atom. The van der Waals surface area contributed by atoms with Crippen LogP contribution in [0.25, 0.3) is 0 Å². The van der Waals surface area contributed by atoms with E-state index in [1.54, 1.807) is 0 Å². The van der Waals surface area contributed by atoms with Gasteiger partial charge in [-0.15, -0.1) is 0 Å². The number of hydrogen-bond donors (Lipinski definition) is 1. The molecule has 1 aromatic rings. The van der Waals surface area contributed by atoms with Gasteiger partial charge in [0.05, 0.1) is 17.2 Å². The minimum absolute atomic E-state index is 0.0268. The fraction of sp³-hybridized carbons (Fsp3) is 0.500. The second kappa shape index (κ2) is 6.87. The van der Waals surface area contributed by atoms with Crippen LogP contribution in [0.15, 0.2) is 12.1 Å². The highest BCUT2D eigenvalue weighted by Gasteiger charge is 2.42. The molecule has 2 fully saturated rings. The van der Waals surface area contributed by atoms with E-state index in [2.05, 4.69) is 5.32 Å². The van der Waals surface area contributed by atoms with Gasteiger partial charge in [0, 0.05) is 18.9 Å². The van der Waals surface area contributed by atoms with Crippen LogP contribution in [-0.4, -0.2) is 41.5 Å². The van der Waals surface area contributed by atoms with Gasteiger partial charge in [0.15, 0.2) is 0 Å². The van der Waals surface area contributed by atoms with E-state index in [1.807, 2.05) is 0 Å². The molecule has 142 valence electrons. The molecule has 1 aromatic carbocycles. The number of nitrogens with zero attached hydrogens (tertiary/aromatic N) is 1. The number of carbonyl (C=O) groups excluding carboxylic acids is 4. The highest BCUT2D eigenvalue weighted by molar-refractivity contribution is 6.21. The molecule has 0 radical (unpaired) electrons. The minimum Gasteiger partial charge on any atom is -0.354 e. The van der Waals surface area contributed by atoms with Crippen LogP contribution < -0.4 is 5.32 Å². The van der Waals surface area contributed by atoms with Gasteiger partial charge in [-0.1, -0.05) is 0 Å². The molecule has 4 rings (SSSR count). The highest BCUT2D eigenvalue weighted by Crippen LogP contribution is 2.38. The number of carbonyl (C=O) groups is 4. The molecular formula is C20H21FN2O4. The standard InChI is InChI=1S/C20H21FN2O4/c21-17-8-16-15(7-14(17)12-3-1-11(10-24)2-4-12)19(26)23(20(16)27)13-5-6-18(25)22-9-13/h7-8,10-13H,1-6,9H2,(H,22,25). The van der Waals surface area contributed by atoms with Crippen LogP contribution in [0.5, 0.6) is 0 Å². The van der Waals surface area contributed by atoms with Crippen LogP contribution >= 0.6 is 0 Å². The second-order valence-electron chi connectivity index (χ2n) is 7.64. The zero-order valence-electron chi connectivity index (χ0n) is 14.9. The van der Waals surface area contributed by atoms with Crippen molar-refractivity contribution in [3.63, 3.8) is 0 Å². The summed E-state index contributed by atoms with van der Waals surface area (Å²) in [6.45, 7) is 0.231. The summed E-state index contributed by atoms with van der Waals surface area (Å²) in [4.78, 5) is 49.0. The van der Waals surface area contributed by atoms with Gasteiger partial charge in [-0.2, -0.15) is 0 Å². The minimum atomic E-state index is -0.494. The summed E-state index contributed by atoms with van der Waals surface area (Å²) >= 11 is 0. The lowest BCUT2D eigenvalue weighted by molar-refractivity contribution is -0.123. The lowest BCUT2D eigenvalue weighted by atomic mass is 9.78. The molecule has 27 heavy (non-hydrogen) atoms. The van der Waals surface area contributed by atoms with Crippen LogP contribution in [0, 0.1) is 11.7 Å². The Labute approximate surface area is 156 Å². The number of imide groups is 1. The van der Waals surface area contributed by atoms with Crippen LogP contribution in [0.4, 0.5) is 4.39 Å². The number of rotatable bonds is 3. The van der Waals surface area contributed by atoms with Gasteiger partial charge in [-0.25, -0.2) is 4.39 Å². The van der Waals surface area contributed by atoms with Crippen molar-refractivity contribution in [2.45, 2.75) is 50.5 Å². The Kier molecular flexibility index (Phi) is 4.53. The van der Waals surface area contributed by atoms with E-state index in [-0.39, 0.29) is 41.8 Å². The van der Waals surface area contributed by atoms with Gasteiger partial charge in [-0.05, 0) is 55.7 Å². The van der Waals surface area contributed by atoms with Gasteiger partial charge < -0.3 is 10.1 Å². The maximum atomic E-state index is 14.7. The SMILES string of the molecule is O=CC1CCC(c2cc3c(cc2F)C(=O)N(C2CCC(=O)NC2)C3=O)CC1.